The minimum absolute atomic E-state index is 0.0826. The van der Waals surface area contributed by atoms with E-state index >= 15 is 0 Å². The van der Waals surface area contributed by atoms with Crippen LogP contribution in [0.5, 0.6) is 5.75 Å². The first-order valence-corrected chi connectivity index (χ1v) is 10.4. The van der Waals surface area contributed by atoms with Crippen LogP contribution in [0.1, 0.15) is 58.3 Å². The Balaban J connectivity index is 1.75. The molecule has 0 aliphatic heterocycles. The fraction of sp³-hybridized carbons (Fsp3) is 0.476. The minimum Gasteiger partial charge on any atom is -0.457 e. The van der Waals surface area contributed by atoms with Crippen LogP contribution >= 0.6 is 23.8 Å². The molecule has 0 spiro atoms. The lowest BCUT2D eigenvalue weighted by molar-refractivity contribution is 0.240. The first-order chi connectivity index (χ1) is 13.2. The Hall–Kier alpha value is -1.72. The highest BCUT2D eigenvalue weighted by molar-refractivity contribution is 7.79. The van der Waals surface area contributed by atoms with E-state index in [9.17, 15) is 0 Å². The monoisotopic (exact) mass is 406 g/mol. The van der Waals surface area contributed by atoms with E-state index in [1.54, 1.807) is 6.07 Å². The van der Waals surface area contributed by atoms with Crippen molar-refractivity contribution in [1.82, 2.24) is 10.2 Å². The summed E-state index contributed by atoms with van der Waals surface area (Å²) in [5.41, 5.74) is 1.46. The van der Waals surface area contributed by atoms with E-state index in [4.69, 9.17) is 33.3 Å². The van der Waals surface area contributed by atoms with Crippen LogP contribution in [0.25, 0.3) is 11.3 Å². The van der Waals surface area contributed by atoms with E-state index in [0.717, 1.165) is 18.4 Å². The number of nitrogens with zero attached hydrogens (tertiary/aromatic N) is 2. The predicted molar refractivity (Wildman–Crippen MR) is 114 cm³/mol. The van der Waals surface area contributed by atoms with Gasteiger partial charge in [0.1, 0.15) is 5.69 Å². The molecule has 0 N–H and O–H groups in total. The second-order valence-electron chi connectivity index (χ2n) is 6.42. The van der Waals surface area contributed by atoms with Gasteiger partial charge in [-0.15, -0.1) is 10.2 Å². The van der Waals surface area contributed by atoms with Crippen molar-refractivity contribution < 1.29 is 9.47 Å². The minimum atomic E-state index is 0.0826. The summed E-state index contributed by atoms with van der Waals surface area (Å²) >= 11 is 11.2. The van der Waals surface area contributed by atoms with Gasteiger partial charge >= 0.3 is 5.24 Å². The molecule has 6 heteroatoms. The van der Waals surface area contributed by atoms with Crippen molar-refractivity contribution >= 4 is 29.1 Å². The number of thiocarbonyl (C=S) groups is 1. The first-order valence-electron chi connectivity index (χ1n) is 9.64. The van der Waals surface area contributed by atoms with Crippen LogP contribution in [-0.2, 0) is 4.74 Å². The molecule has 0 unspecified atom stereocenters. The summed E-state index contributed by atoms with van der Waals surface area (Å²) in [5, 5.41) is 8.36. The first kappa shape index (κ1) is 21.6. The number of hydrogen-bond acceptors (Lipinski definition) is 5. The maximum Gasteiger partial charge on any atom is 0.357 e. The Labute approximate surface area is 172 Å². The molecule has 4 nitrogen and oxygen atoms in total. The topological polar surface area (TPSA) is 44.2 Å². The van der Waals surface area contributed by atoms with Crippen LogP contribution in [-0.4, -0.2) is 22.0 Å². The summed E-state index contributed by atoms with van der Waals surface area (Å²) in [6, 6.07) is 11.2. The lowest BCUT2D eigenvalue weighted by Gasteiger charge is -2.11. The lowest BCUT2D eigenvalue weighted by Crippen LogP contribution is -2.12. The van der Waals surface area contributed by atoms with E-state index in [-0.39, 0.29) is 10.4 Å². The fourth-order valence-corrected chi connectivity index (χ4v) is 3.05. The molecule has 1 aromatic carbocycles. The molecule has 0 aliphatic rings. The van der Waals surface area contributed by atoms with Crippen LogP contribution < -0.4 is 4.74 Å². The van der Waals surface area contributed by atoms with Gasteiger partial charge in [0.15, 0.2) is 10.9 Å². The van der Waals surface area contributed by atoms with Crippen LogP contribution in [0, 0.1) is 0 Å². The zero-order valence-corrected chi connectivity index (χ0v) is 17.4. The van der Waals surface area contributed by atoms with E-state index in [2.05, 4.69) is 17.1 Å². The Morgan fingerprint density at radius 2 is 1.63 bits per heavy atom. The normalized spacial score (nSPS) is 10.6. The van der Waals surface area contributed by atoms with E-state index in [1.807, 2.05) is 30.3 Å². The highest BCUT2D eigenvalue weighted by Crippen LogP contribution is 2.29. The third-order valence-corrected chi connectivity index (χ3v) is 4.57. The van der Waals surface area contributed by atoms with Crippen molar-refractivity contribution in [3.05, 3.63) is 41.6 Å². The number of aromatic nitrogens is 2. The molecular weight excluding hydrogens is 380 g/mol. The molecule has 0 radical (unpaired) electrons. The highest BCUT2D eigenvalue weighted by Gasteiger charge is 2.13. The van der Waals surface area contributed by atoms with Gasteiger partial charge in [-0.25, -0.2) is 0 Å². The summed E-state index contributed by atoms with van der Waals surface area (Å²) in [6.07, 6.45) is 9.95. The quantitative estimate of drug-likeness (QED) is 0.310. The highest BCUT2D eigenvalue weighted by atomic mass is 35.5. The molecule has 0 atom stereocenters. The Morgan fingerprint density at radius 1 is 0.963 bits per heavy atom. The zero-order chi connectivity index (χ0) is 19.3. The van der Waals surface area contributed by atoms with Crippen molar-refractivity contribution in [3.8, 4) is 17.0 Å². The van der Waals surface area contributed by atoms with Gasteiger partial charge in [0.2, 0.25) is 0 Å². The number of ether oxygens (including phenoxy) is 2. The second kappa shape index (κ2) is 12.6. The molecule has 0 bridgehead atoms. The molecule has 27 heavy (non-hydrogen) atoms. The Kier molecular flexibility index (Phi) is 10.1. The third kappa shape index (κ3) is 8.22. The number of hydrogen-bond donors (Lipinski definition) is 0. The van der Waals surface area contributed by atoms with Gasteiger partial charge in [0.25, 0.3) is 0 Å². The molecule has 0 amide bonds. The molecule has 0 saturated carbocycles. The van der Waals surface area contributed by atoms with Crippen LogP contribution in [0.2, 0.25) is 5.15 Å². The standard InChI is InChI=1S/C21H27ClN2O2S/c1-2-3-4-5-6-7-8-12-15-25-21(27)26-18-16-19(22)23-24-20(18)17-13-10-9-11-14-17/h9-11,13-14,16H,2-8,12,15H2,1H3. The molecular formula is C21H27ClN2O2S. The third-order valence-electron chi connectivity index (χ3n) is 4.19. The van der Waals surface area contributed by atoms with Crippen molar-refractivity contribution in [3.63, 3.8) is 0 Å². The van der Waals surface area contributed by atoms with Crippen molar-refractivity contribution in [2.75, 3.05) is 6.61 Å². The Morgan fingerprint density at radius 3 is 2.33 bits per heavy atom. The largest absolute Gasteiger partial charge is 0.457 e. The fourth-order valence-electron chi connectivity index (χ4n) is 2.74. The summed E-state index contributed by atoms with van der Waals surface area (Å²) in [7, 11) is 0. The van der Waals surface area contributed by atoms with Crippen LogP contribution in [0.4, 0.5) is 0 Å². The predicted octanol–water partition coefficient (Wildman–Crippen LogP) is 6.62. The second-order valence-corrected chi connectivity index (χ2v) is 7.14. The van der Waals surface area contributed by atoms with Gasteiger partial charge < -0.3 is 9.47 Å². The molecule has 146 valence electrons. The molecule has 0 fully saturated rings. The summed E-state index contributed by atoms with van der Waals surface area (Å²) < 4.78 is 11.2. The smallest absolute Gasteiger partial charge is 0.357 e. The lowest BCUT2D eigenvalue weighted by atomic mass is 10.1. The van der Waals surface area contributed by atoms with Crippen molar-refractivity contribution in [2.45, 2.75) is 58.3 Å². The van der Waals surface area contributed by atoms with Gasteiger partial charge in [-0.2, -0.15) is 0 Å². The molecule has 0 aliphatic carbocycles. The van der Waals surface area contributed by atoms with Crippen LogP contribution in [0.15, 0.2) is 36.4 Å². The number of benzene rings is 1. The van der Waals surface area contributed by atoms with E-state index in [1.165, 1.54) is 38.5 Å². The summed E-state index contributed by atoms with van der Waals surface area (Å²) in [6.45, 7) is 2.79. The number of unbranched alkanes of at least 4 members (excludes halogenated alkanes) is 7. The summed E-state index contributed by atoms with van der Waals surface area (Å²) in [4.78, 5) is 0. The zero-order valence-electron chi connectivity index (χ0n) is 15.8. The SMILES string of the molecule is CCCCCCCCCCOC(=S)Oc1cc(Cl)nnc1-c1ccccc1. The maximum atomic E-state index is 5.96. The molecule has 1 aromatic heterocycles. The average molecular weight is 407 g/mol. The number of halogens is 1. The van der Waals surface area contributed by atoms with Gasteiger partial charge in [-0.05, 0) is 6.42 Å². The molecule has 2 rings (SSSR count). The van der Waals surface area contributed by atoms with Crippen molar-refractivity contribution in [1.29, 1.82) is 0 Å². The molecule has 1 heterocycles. The average Bonchev–Trinajstić information content (AvgIpc) is 2.67. The number of rotatable bonds is 11. The van der Waals surface area contributed by atoms with Crippen LogP contribution in [0.3, 0.4) is 0 Å². The van der Waals surface area contributed by atoms with Gasteiger partial charge in [-0.3, -0.25) is 0 Å². The van der Waals surface area contributed by atoms with Crippen molar-refractivity contribution in [2.24, 2.45) is 0 Å². The van der Waals surface area contributed by atoms with Gasteiger partial charge in [-0.1, -0.05) is 93.8 Å². The van der Waals surface area contributed by atoms with E-state index in [0.29, 0.717) is 18.1 Å². The van der Waals surface area contributed by atoms with Gasteiger partial charge in [0, 0.05) is 23.8 Å². The molecule has 0 saturated heterocycles. The van der Waals surface area contributed by atoms with E-state index < -0.39 is 0 Å². The Bertz CT molecular complexity index is 698. The summed E-state index contributed by atoms with van der Waals surface area (Å²) in [5.74, 6) is 0.446. The molecule has 2 aromatic rings. The van der Waals surface area contributed by atoms with Gasteiger partial charge in [0.05, 0.1) is 6.61 Å². The maximum absolute atomic E-state index is 5.96.